The first-order valence-corrected chi connectivity index (χ1v) is 8.37. The average Bonchev–Trinajstić information content (AvgIpc) is 2.98. The van der Waals surface area contributed by atoms with Crippen LogP contribution in [0.1, 0.15) is 52.4 Å². The summed E-state index contributed by atoms with van der Waals surface area (Å²) >= 11 is 0. The van der Waals surface area contributed by atoms with Gasteiger partial charge in [0.25, 0.3) is 5.91 Å². The highest BCUT2D eigenvalue weighted by atomic mass is 16.3. The van der Waals surface area contributed by atoms with Crippen molar-refractivity contribution in [1.82, 2.24) is 10.2 Å². The molecular formula is C20H24N2O2. The Morgan fingerprint density at radius 3 is 2.38 bits per heavy atom. The van der Waals surface area contributed by atoms with Crippen molar-refractivity contribution in [3.8, 4) is 5.75 Å². The fourth-order valence-electron chi connectivity index (χ4n) is 3.35. The Labute approximate surface area is 143 Å². The summed E-state index contributed by atoms with van der Waals surface area (Å²) in [5.41, 5.74) is 4.89. The van der Waals surface area contributed by atoms with Gasteiger partial charge in [-0.3, -0.25) is 4.79 Å². The SMILES string of the molecule is CNCc1cc(O)c(C(=O)N2Cc3ccccc3C2)cc1C(C)C. The van der Waals surface area contributed by atoms with Crippen LogP contribution in [-0.2, 0) is 19.6 Å². The highest BCUT2D eigenvalue weighted by Crippen LogP contribution is 2.31. The molecule has 0 radical (unpaired) electrons. The van der Waals surface area contributed by atoms with E-state index in [1.165, 1.54) is 11.1 Å². The zero-order valence-electron chi connectivity index (χ0n) is 14.5. The minimum absolute atomic E-state index is 0.0607. The number of aromatic hydroxyl groups is 1. The molecule has 2 aromatic rings. The second kappa shape index (κ2) is 6.65. The van der Waals surface area contributed by atoms with Gasteiger partial charge in [0.15, 0.2) is 0 Å². The van der Waals surface area contributed by atoms with Gasteiger partial charge in [-0.1, -0.05) is 38.1 Å². The van der Waals surface area contributed by atoms with Gasteiger partial charge in [0.2, 0.25) is 0 Å². The number of amides is 1. The van der Waals surface area contributed by atoms with E-state index in [0.29, 0.717) is 25.2 Å². The molecule has 0 spiro atoms. The fourth-order valence-corrected chi connectivity index (χ4v) is 3.35. The van der Waals surface area contributed by atoms with Gasteiger partial charge in [-0.15, -0.1) is 0 Å². The monoisotopic (exact) mass is 324 g/mol. The number of fused-ring (bicyclic) bond motifs is 1. The van der Waals surface area contributed by atoms with Crippen LogP contribution in [0.25, 0.3) is 0 Å². The summed E-state index contributed by atoms with van der Waals surface area (Å²) in [5, 5.41) is 13.5. The summed E-state index contributed by atoms with van der Waals surface area (Å²) in [5.74, 6) is 0.239. The van der Waals surface area contributed by atoms with Crippen LogP contribution in [0.4, 0.5) is 0 Å². The Kier molecular flexibility index (Phi) is 4.58. The maximum atomic E-state index is 12.9. The minimum Gasteiger partial charge on any atom is -0.507 e. The molecule has 0 bridgehead atoms. The van der Waals surface area contributed by atoms with Crippen molar-refractivity contribution in [2.45, 2.75) is 39.4 Å². The van der Waals surface area contributed by atoms with Gasteiger partial charge < -0.3 is 15.3 Å². The molecule has 126 valence electrons. The molecule has 2 aromatic carbocycles. The van der Waals surface area contributed by atoms with E-state index >= 15 is 0 Å². The van der Waals surface area contributed by atoms with Crippen molar-refractivity contribution in [3.63, 3.8) is 0 Å². The molecule has 4 nitrogen and oxygen atoms in total. The summed E-state index contributed by atoms with van der Waals surface area (Å²) in [4.78, 5) is 14.7. The summed E-state index contributed by atoms with van der Waals surface area (Å²) in [7, 11) is 1.88. The first-order valence-electron chi connectivity index (χ1n) is 8.37. The molecule has 1 heterocycles. The highest BCUT2D eigenvalue weighted by molar-refractivity contribution is 5.97. The number of phenols is 1. The molecule has 3 rings (SSSR count). The lowest BCUT2D eigenvalue weighted by Crippen LogP contribution is -2.25. The lowest BCUT2D eigenvalue weighted by Gasteiger charge is -2.20. The molecule has 0 aliphatic carbocycles. The van der Waals surface area contributed by atoms with Crippen LogP contribution in [0.15, 0.2) is 36.4 Å². The molecular weight excluding hydrogens is 300 g/mol. The molecule has 0 fully saturated rings. The average molecular weight is 324 g/mol. The van der Waals surface area contributed by atoms with E-state index in [1.807, 2.05) is 25.2 Å². The predicted octanol–water partition coefficient (Wildman–Crippen LogP) is 3.39. The molecule has 2 N–H and O–H groups in total. The molecule has 1 aliphatic heterocycles. The number of benzene rings is 2. The van der Waals surface area contributed by atoms with Gasteiger partial charge in [0, 0.05) is 19.6 Å². The molecule has 24 heavy (non-hydrogen) atoms. The van der Waals surface area contributed by atoms with Crippen molar-refractivity contribution in [3.05, 3.63) is 64.2 Å². The minimum atomic E-state index is -0.110. The molecule has 1 amide bonds. The molecule has 0 saturated heterocycles. The highest BCUT2D eigenvalue weighted by Gasteiger charge is 2.26. The van der Waals surface area contributed by atoms with Crippen LogP contribution in [0.2, 0.25) is 0 Å². The number of carbonyl (C=O) groups is 1. The van der Waals surface area contributed by atoms with Crippen molar-refractivity contribution >= 4 is 5.91 Å². The van der Waals surface area contributed by atoms with Gasteiger partial charge in [-0.05, 0) is 47.4 Å². The third kappa shape index (κ3) is 3.02. The van der Waals surface area contributed by atoms with E-state index < -0.39 is 0 Å². The quantitative estimate of drug-likeness (QED) is 0.906. The van der Waals surface area contributed by atoms with Gasteiger partial charge in [-0.2, -0.15) is 0 Å². The van der Waals surface area contributed by atoms with Gasteiger partial charge in [0.05, 0.1) is 5.56 Å². The van der Waals surface area contributed by atoms with Crippen LogP contribution in [0.3, 0.4) is 0 Å². The Balaban J connectivity index is 1.92. The standard InChI is InChI=1S/C20H24N2O2/c1-13(2)17-9-18(19(23)8-16(17)10-21-3)20(24)22-11-14-6-4-5-7-15(14)12-22/h4-9,13,21,23H,10-12H2,1-3H3. The van der Waals surface area contributed by atoms with E-state index in [2.05, 4.69) is 31.3 Å². The van der Waals surface area contributed by atoms with Crippen LogP contribution < -0.4 is 5.32 Å². The molecule has 4 heteroatoms. The van der Waals surface area contributed by atoms with E-state index in [9.17, 15) is 9.90 Å². The third-order valence-corrected chi connectivity index (χ3v) is 4.61. The summed E-state index contributed by atoms with van der Waals surface area (Å²) in [6.45, 7) is 6.08. The van der Waals surface area contributed by atoms with Crippen molar-refractivity contribution in [2.24, 2.45) is 0 Å². The Morgan fingerprint density at radius 2 is 1.83 bits per heavy atom. The third-order valence-electron chi connectivity index (χ3n) is 4.61. The van der Waals surface area contributed by atoms with Crippen LogP contribution >= 0.6 is 0 Å². The van der Waals surface area contributed by atoms with Crippen molar-refractivity contribution in [1.29, 1.82) is 0 Å². The maximum Gasteiger partial charge on any atom is 0.258 e. The van der Waals surface area contributed by atoms with Crippen molar-refractivity contribution < 1.29 is 9.90 Å². The van der Waals surface area contributed by atoms with Gasteiger partial charge in [-0.25, -0.2) is 0 Å². The number of nitrogens with one attached hydrogen (secondary N) is 1. The summed E-state index contributed by atoms with van der Waals surface area (Å²) < 4.78 is 0. The summed E-state index contributed by atoms with van der Waals surface area (Å²) in [6, 6.07) is 11.7. The largest absolute Gasteiger partial charge is 0.507 e. The first-order chi connectivity index (χ1) is 11.5. The van der Waals surface area contributed by atoms with E-state index in [0.717, 1.165) is 11.1 Å². The number of phenolic OH excluding ortho intramolecular Hbond substituents is 1. The number of nitrogens with zero attached hydrogens (tertiary/aromatic N) is 1. The Morgan fingerprint density at radius 1 is 1.21 bits per heavy atom. The molecule has 1 aliphatic rings. The maximum absolute atomic E-state index is 12.9. The second-order valence-electron chi connectivity index (χ2n) is 6.68. The molecule has 0 atom stereocenters. The first kappa shape index (κ1) is 16.5. The van der Waals surface area contributed by atoms with E-state index in [1.54, 1.807) is 11.0 Å². The Hall–Kier alpha value is -2.33. The topological polar surface area (TPSA) is 52.6 Å². The lowest BCUT2D eigenvalue weighted by molar-refractivity contribution is 0.0748. The smallest absolute Gasteiger partial charge is 0.258 e. The van der Waals surface area contributed by atoms with Gasteiger partial charge >= 0.3 is 0 Å². The number of hydrogen-bond donors (Lipinski definition) is 2. The Bertz CT molecular complexity index is 743. The summed E-state index contributed by atoms with van der Waals surface area (Å²) in [6.07, 6.45) is 0. The fraction of sp³-hybridized carbons (Fsp3) is 0.350. The van der Waals surface area contributed by atoms with E-state index in [-0.39, 0.29) is 17.6 Å². The zero-order chi connectivity index (χ0) is 17.3. The molecule has 0 aromatic heterocycles. The molecule has 0 unspecified atom stereocenters. The van der Waals surface area contributed by atoms with Crippen LogP contribution in [0, 0.1) is 0 Å². The number of carbonyl (C=O) groups excluding carboxylic acids is 1. The zero-order valence-corrected chi connectivity index (χ0v) is 14.5. The van der Waals surface area contributed by atoms with Crippen LogP contribution in [-0.4, -0.2) is 23.0 Å². The predicted molar refractivity (Wildman–Crippen MR) is 95.0 cm³/mol. The lowest BCUT2D eigenvalue weighted by atomic mass is 9.93. The van der Waals surface area contributed by atoms with E-state index in [4.69, 9.17) is 0 Å². The second-order valence-corrected chi connectivity index (χ2v) is 6.68. The number of rotatable bonds is 4. The van der Waals surface area contributed by atoms with Crippen LogP contribution in [0.5, 0.6) is 5.75 Å². The number of hydrogen-bond acceptors (Lipinski definition) is 3. The molecule has 0 saturated carbocycles. The van der Waals surface area contributed by atoms with Crippen molar-refractivity contribution in [2.75, 3.05) is 7.05 Å². The normalized spacial score (nSPS) is 13.4. The van der Waals surface area contributed by atoms with Gasteiger partial charge in [0.1, 0.15) is 5.75 Å².